The van der Waals surface area contributed by atoms with E-state index in [9.17, 15) is 5.11 Å². The first-order valence-electron chi connectivity index (χ1n) is 4.77. The highest BCUT2D eigenvalue weighted by molar-refractivity contribution is 5.48. The molecule has 0 spiro atoms. The number of H-pyrrole nitrogens is 1. The van der Waals surface area contributed by atoms with Crippen LogP contribution in [-0.2, 0) is 6.54 Å². The molecular formula is C11H13N3O. The van der Waals surface area contributed by atoms with Gasteiger partial charge in [0.25, 0.3) is 0 Å². The van der Waals surface area contributed by atoms with E-state index in [1.165, 1.54) is 0 Å². The van der Waals surface area contributed by atoms with Gasteiger partial charge in [-0.15, -0.1) is 0 Å². The van der Waals surface area contributed by atoms with Gasteiger partial charge in [0.05, 0.1) is 6.20 Å². The SMILES string of the molecule is Cc1[nH]ncc1CNc1cccc(O)c1. The molecule has 0 saturated heterocycles. The molecule has 2 aromatic rings. The Bertz CT molecular complexity index is 451. The third-order valence-corrected chi connectivity index (χ3v) is 2.26. The molecule has 0 aliphatic heterocycles. The molecule has 0 saturated carbocycles. The predicted molar refractivity (Wildman–Crippen MR) is 58.8 cm³/mol. The number of hydrogen-bond acceptors (Lipinski definition) is 3. The molecule has 4 nitrogen and oxygen atoms in total. The Balaban J connectivity index is 2.02. The third-order valence-electron chi connectivity index (χ3n) is 2.26. The van der Waals surface area contributed by atoms with Crippen molar-refractivity contribution in [3.63, 3.8) is 0 Å². The lowest BCUT2D eigenvalue weighted by Gasteiger charge is -2.05. The number of nitrogens with zero attached hydrogens (tertiary/aromatic N) is 1. The van der Waals surface area contributed by atoms with E-state index in [0.717, 1.165) is 16.9 Å². The summed E-state index contributed by atoms with van der Waals surface area (Å²) in [4.78, 5) is 0. The number of aromatic amines is 1. The number of aromatic nitrogens is 2. The molecule has 78 valence electrons. The van der Waals surface area contributed by atoms with Gasteiger partial charge < -0.3 is 10.4 Å². The van der Waals surface area contributed by atoms with Gasteiger partial charge in [-0.2, -0.15) is 5.10 Å². The van der Waals surface area contributed by atoms with E-state index in [1.54, 1.807) is 24.4 Å². The maximum Gasteiger partial charge on any atom is 0.117 e. The summed E-state index contributed by atoms with van der Waals surface area (Å²) in [6.45, 7) is 2.68. The van der Waals surface area contributed by atoms with Crippen molar-refractivity contribution in [1.29, 1.82) is 0 Å². The minimum absolute atomic E-state index is 0.268. The fraction of sp³-hybridized carbons (Fsp3) is 0.182. The van der Waals surface area contributed by atoms with Crippen LogP contribution in [0.15, 0.2) is 30.5 Å². The van der Waals surface area contributed by atoms with Crippen LogP contribution in [0.25, 0.3) is 0 Å². The average molecular weight is 203 g/mol. The standard InChI is InChI=1S/C11H13N3O/c1-8-9(7-13-14-8)6-12-10-3-2-4-11(15)5-10/h2-5,7,12,15H,6H2,1H3,(H,13,14). The minimum atomic E-state index is 0.268. The molecule has 0 aliphatic carbocycles. The average Bonchev–Trinajstić information content (AvgIpc) is 2.61. The summed E-state index contributed by atoms with van der Waals surface area (Å²) in [7, 11) is 0. The molecule has 3 N–H and O–H groups in total. The van der Waals surface area contributed by atoms with Gasteiger partial charge in [0.15, 0.2) is 0 Å². The van der Waals surface area contributed by atoms with Crippen molar-refractivity contribution in [3.8, 4) is 5.75 Å². The Labute approximate surface area is 88.0 Å². The van der Waals surface area contributed by atoms with Crippen molar-refractivity contribution in [1.82, 2.24) is 10.2 Å². The number of phenols is 1. The fourth-order valence-electron chi connectivity index (χ4n) is 1.37. The van der Waals surface area contributed by atoms with Crippen molar-refractivity contribution in [2.24, 2.45) is 0 Å². The number of aryl methyl sites for hydroxylation is 1. The van der Waals surface area contributed by atoms with Crippen LogP contribution in [0.4, 0.5) is 5.69 Å². The van der Waals surface area contributed by atoms with Crippen molar-refractivity contribution < 1.29 is 5.11 Å². The summed E-state index contributed by atoms with van der Waals surface area (Å²) in [5.74, 6) is 0.268. The van der Waals surface area contributed by atoms with Crippen LogP contribution in [0.5, 0.6) is 5.75 Å². The second kappa shape index (κ2) is 4.04. The van der Waals surface area contributed by atoms with E-state index >= 15 is 0 Å². The number of rotatable bonds is 3. The van der Waals surface area contributed by atoms with Crippen molar-refractivity contribution in [2.75, 3.05) is 5.32 Å². The lowest BCUT2D eigenvalue weighted by Crippen LogP contribution is -1.99. The van der Waals surface area contributed by atoms with Crippen LogP contribution >= 0.6 is 0 Å². The van der Waals surface area contributed by atoms with Gasteiger partial charge in [-0.25, -0.2) is 0 Å². The Hall–Kier alpha value is -1.97. The zero-order valence-corrected chi connectivity index (χ0v) is 8.49. The Morgan fingerprint density at radius 3 is 3.00 bits per heavy atom. The molecule has 4 heteroatoms. The molecule has 1 aromatic heterocycles. The molecule has 0 radical (unpaired) electrons. The van der Waals surface area contributed by atoms with Crippen LogP contribution in [0.1, 0.15) is 11.3 Å². The highest BCUT2D eigenvalue weighted by Gasteiger charge is 1.99. The fourth-order valence-corrected chi connectivity index (χ4v) is 1.37. The summed E-state index contributed by atoms with van der Waals surface area (Å²) in [6, 6.07) is 7.05. The molecule has 0 bridgehead atoms. The molecule has 0 amide bonds. The monoisotopic (exact) mass is 203 g/mol. The van der Waals surface area contributed by atoms with E-state index in [1.807, 2.05) is 13.0 Å². The summed E-state index contributed by atoms with van der Waals surface area (Å²) >= 11 is 0. The lowest BCUT2D eigenvalue weighted by molar-refractivity contribution is 0.475. The van der Waals surface area contributed by atoms with Crippen LogP contribution in [0.2, 0.25) is 0 Å². The Morgan fingerprint density at radius 2 is 2.33 bits per heavy atom. The molecular weight excluding hydrogens is 190 g/mol. The minimum Gasteiger partial charge on any atom is -0.508 e. The topological polar surface area (TPSA) is 60.9 Å². The lowest BCUT2D eigenvalue weighted by atomic mass is 10.2. The van der Waals surface area contributed by atoms with Gasteiger partial charge in [-0.05, 0) is 19.1 Å². The summed E-state index contributed by atoms with van der Waals surface area (Å²) < 4.78 is 0. The van der Waals surface area contributed by atoms with Gasteiger partial charge in [0.1, 0.15) is 5.75 Å². The van der Waals surface area contributed by atoms with Crippen molar-refractivity contribution >= 4 is 5.69 Å². The van der Waals surface area contributed by atoms with Crippen LogP contribution in [0.3, 0.4) is 0 Å². The summed E-state index contributed by atoms with van der Waals surface area (Å²) in [5.41, 5.74) is 3.08. The van der Waals surface area contributed by atoms with E-state index < -0.39 is 0 Å². The summed E-state index contributed by atoms with van der Waals surface area (Å²) in [6.07, 6.45) is 1.80. The number of hydrogen-bond donors (Lipinski definition) is 3. The van der Waals surface area contributed by atoms with Crippen LogP contribution in [-0.4, -0.2) is 15.3 Å². The Kier molecular flexibility index (Phi) is 2.58. The van der Waals surface area contributed by atoms with E-state index in [-0.39, 0.29) is 5.75 Å². The zero-order valence-electron chi connectivity index (χ0n) is 8.49. The maximum atomic E-state index is 9.27. The maximum absolute atomic E-state index is 9.27. The first-order chi connectivity index (χ1) is 7.25. The first-order valence-corrected chi connectivity index (χ1v) is 4.77. The summed E-state index contributed by atoms with van der Waals surface area (Å²) in [5, 5.41) is 19.3. The predicted octanol–water partition coefficient (Wildman–Crippen LogP) is 2.04. The molecule has 2 rings (SSSR count). The highest BCUT2D eigenvalue weighted by Crippen LogP contribution is 2.16. The van der Waals surface area contributed by atoms with Gasteiger partial charge in [-0.3, -0.25) is 5.10 Å². The number of nitrogens with one attached hydrogen (secondary N) is 2. The number of anilines is 1. The van der Waals surface area contributed by atoms with E-state index in [2.05, 4.69) is 15.5 Å². The van der Waals surface area contributed by atoms with Crippen LogP contribution in [0, 0.1) is 6.92 Å². The largest absolute Gasteiger partial charge is 0.508 e. The van der Waals surface area contributed by atoms with Gasteiger partial charge in [-0.1, -0.05) is 6.07 Å². The molecule has 15 heavy (non-hydrogen) atoms. The zero-order chi connectivity index (χ0) is 10.7. The van der Waals surface area contributed by atoms with Crippen molar-refractivity contribution in [2.45, 2.75) is 13.5 Å². The second-order valence-electron chi connectivity index (χ2n) is 3.42. The number of benzene rings is 1. The van der Waals surface area contributed by atoms with E-state index in [0.29, 0.717) is 6.54 Å². The molecule has 0 aliphatic rings. The highest BCUT2D eigenvalue weighted by atomic mass is 16.3. The molecule has 1 heterocycles. The third kappa shape index (κ3) is 2.28. The van der Waals surface area contributed by atoms with Crippen LogP contribution < -0.4 is 5.32 Å². The van der Waals surface area contributed by atoms with E-state index in [4.69, 9.17) is 0 Å². The Morgan fingerprint density at radius 1 is 1.47 bits per heavy atom. The number of phenolic OH excluding ortho intramolecular Hbond substituents is 1. The van der Waals surface area contributed by atoms with Gasteiger partial charge >= 0.3 is 0 Å². The smallest absolute Gasteiger partial charge is 0.117 e. The van der Waals surface area contributed by atoms with Crippen molar-refractivity contribution in [3.05, 3.63) is 41.7 Å². The molecule has 0 unspecified atom stereocenters. The first kappa shape index (κ1) is 9.58. The number of aromatic hydroxyl groups is 1. The quantitative estimate of drug-likeness (QED) is 0.715. The second-order valence-corrected chi connectivity index (χ2v) is 3.42. The molecule has 0 atom stereocenters. The molecule has 1 aromatic carbocycles. The normalized spacial score (nSPS) is 10.2. The van der Waals surface area contributed by atoms with Gasteiger partial charge in [0.2, 0.25) is 0 Å². The molecule has 0 fully saturated rings. The van der Waals surface area contributed by atoms with Gasteiger partial charge in [0, 0.05) is 29.6 Å².